The summed E-state index contributed by atoms with van der Waals surface area (Å²) in [6.07, 6.45) is 4.48. The van der Waals surface area contributed by atoms with Crippen LogP contribution in [0.4, 0.5) is 4.79 Å². The van der Waals surface area contributed by atoms with Gasteiger partial charge in [0.05, 0.1) is 19.5 Å². The molecule has 0 spiro atoms. The monoisotopic (exact) mass is 476 g/mol. The Morgan fingerprint density at radius 2 is 1.86 bits per heavy atom. The van der Waals surface area contributed by atoms with Gasteiger partial charge >= 0.3 is 6.09 Å². The first-order chi connectivity index (χ1) is 17.0. The molecule has 35 heavy (non-hydrogen) atoms. The number of ether oxygens (including phenoxy) is 2. The first kappa shape index (κ1) is 24.4. The molecule has 0 bridgehead atoms. The van der Waals surface area contributed by atoms with E-state index in [2.05, 4.69) is 5.32 Å². The Bertz CT molecular complexity index is 1210. The number of nitrogens with zero attached hydrogens (tertiary/aromatic N) is 1. The number of piperidine rings is 1. The van der Waals surface area contributed by atoms with Crippen LogP contribution in [0.25, 0.3) is 27.7 Å². The predicted molar refractivity (Wildman–Crippen MR) is 136 cm³/mol. The van der Waals surface area contributed by atoms with Gasteiger partial charge < -0.3 is 24.1 Å². The van der Waals surface area contributed by atoms with E-state index in [4.69, 9.17) is 13.9 Å². The highest BCUT2D eigenvalue weighted by Gasteiger charge is 2.24. The number of rotatable bonds is 7. The molecule has 7 heteroatoms. The van der Waals surface area contributed by atoms with Crippen molar-refractivity contribution in [3.8, 4) is 16.9 Å². The van der Waals surface area contributed by atoms with E-state index in [-0.39, 0.29) is 18.0 Å². The van der Waals surface area contributed by atoms with E-state index in [9.17, 15) is 9.59 Å². The lowest BCUT2D eigenvalue weighted by molar-refractivity contribution is -0.117. The number of nitrogens with one attached hydrogen (secondary N) is 1. The van der Waals surface area contributed by atoms with Gasteiger partial charge in [-0.05, 0) is 50.8 Å². The Hall–Kier alpha value is -3.74. The fourth-order valence-electron chi connectivity index (χ4n) is 4.42. The van der Waals surface area contributed by atoms with Crippen LogP contribution in [-0.2, 0) is 9.53 Å². The van der Waals surface area contributed by atoms with Crippen LogP contribution in [0.1, 0.15) is 39.2 Å². The summed E-state index contributed by atoms with van der Waals surface area (Å²) in [5.41, 5.74) is 4.45. The molecular weight excluding hydrogens is 444 g/mol. The molecule has 1 fully saturated rings. The standard InChI is InChI=1S/C28H32N2O5/c1-4-33-25-17-26-23(24(18-35-26)20-9-7-6-8-10-20)16-22(25)19(3)15-27(31)29-21-11-13-30(14-12-21)28(32)34-5-2/h6-10,15-18,21H,4-5,11-14H2,1-3H3,(H,29,31)/b19-15+. The van der Waals surface area contributed by atoms with E-state index >= 15 is 0 Å². The van der Waals surface area contributed by atoms with E-state index in [1.54, 1.807) is 24.2 Å². The molecule has 1 N–H and O–H groups in total. The second-order valence-corrected chi connectivity index (χ2v) is 8.59. The summed E-state index contributed by atoms with van der Waals surface area (Å²) in [6.45, 7) is 7.64. The molecule has 1 aliphatic heterocycles. The number of benzene rings is 2. The summed E-state index contributed by atoms with van der Waals surface area (Å²) < 4.78 is 16.8. The van der Waals surface area contributed by atoms with Gasteiger partial charge in [0.1, 0.15) is 11.3 Å². The first-order valence-electron chi connectivity index (χ1n) is 12.1. The molecule has 2 aromatic carbocycles. The largest absolute Gasteiger partial charge is 0.493 e. The quantitative estimate of drug-likeness (QED) is 0.447. The summed E-state index contributed by atoms with van der Waals surface area (Å²) in [5, 5.41) is 4.05. The smallest absolute Gasteiger partial charge is 0.409 e. The predicted octanol–water partition coefficient (Wildman–Crippen LogP) is 5.64. The van der Waals surface area contributed by atoms with Crippen molar-refractivity contribution in [3.05, 3.63) is 60.4 Å². The van der Waals surface area contributed by atoms with Gasteiger partial charge in [-0.15, -0.1) is 0 Å². The van der Waals surface area contributed by atoms with Crippen molar-refractivity contribution in [1.82, 2.24) is 10.2 Å². The molecule has 1 saturated heterocycles. The number of likely N-dealkylation sites (tertiary alicyclic amines) is 1. The highest BCUT2D eigenvalue weighted by molar-refractivity contribution is 6.00. The van der Waals surface area contributed by atoms with E-state index in [0.717, 1.165) is 33.2 Å². The average molecular weight is 477 g/mol. The van der Waals surface area contributed by atoms with Gasteiger partial charge in [-0.2, -0.15) is 0 Å². The fourth-order valence-corrected chi connectivity index (χ4v) is 4.42. The highest BCUT2D eigenvalue weighted by atomic mass is 16.6. The number of carbonyl (C=O) groups is 2. The topological polar surface area (TPSA) is 81.0 Å². The maximum Gasteiger partial charge on any atom is 0.409 e. The minimum absolute atomic E-state index is 0.0182. The summed E-state index contributed by atoms with van der Waals surface area (Å²) >= 11 is 0. The second-order valence-electron chi connectivity index (χ2n) is 8.59. The number of furan rings is 1. The molecule has 2 amide bonds. The number of fused-ring (bicyclic) bond motifs is 1. The van der Waals surface area contributed by atoms with E-state index in [0.29, 0.717) is 44.9 Å². The molecule has 1 aliphatic rings. The lowest BCUT2D eigenvalue weighted by Gasteiger charge is -2.31. The average Bonchev–Trinajstić information content (AvgIpc) is 3.27. The molecule has 4 rings (SSSR count). The minimum Gasteiger partial charge on any atom is -0.493 e. The zero-order valence-corrected chi connectivity index (χ0v) is 20.5. The van der Waals surface area contributed by atoms with Crippen molar-refractivity contribution < 1.29 is 23.5 Å². The van der Waals surface area contributed by atoms with Crippen molar-refractivity contribution >= 4 is 28.5 Å². The molecule has 3 aromatic rings. The maximum atomic E-state index is 12.8. The normalized spacial score (nSPS) is 14.7. The van der Waals surface area contributed by atoms with Gasteiger partial charge in [-0.3, -0.25) is 4.79 Å². The molecular formula is C28H32N2O5. The van der Waals surface area contributed by atoms with Crippen LogP contribution in [0.5, 0.6) is 5.75 Å². The second kappa shape index (κ2) is 11.1. The number of hydrogen-bond acceptors (Lipinski definition) is 5. The van der Waals surface area contributed by atoms with Crippen LogP contribution in [0.3, 0.4) is 0 Å². The van der Waals surface area contributed by atoms with Crippen LogP contribution >= 0.6 is 0 Å². The molecule has 0 atom stereocenters. The van der Waals surface area contributed by atoms with Crippen LogP contribution in [0.2, 0.25) is 0 Å². The maximum absolute atomic E-state index is 12.8. The lowest BCUT2D eigenvalue weighted by atomic mass is 9.99. The minimum atomic E-state index is -0.291. The van der Waals surface area contributed by atoms with Gasteiger partial charge in [0.15, 0.2) is 0 Å². The molecule has 7 nitrogen and oxygen atoms in total. The number of hydrogen-bond donors (Lipinski definition) is 1. The van der Waals surface area contributed by atoms with Gasteiger partial charge in [0.25, 0.3) is 0 Å². The van der Waals surface area contributed by atoms with E-state index in [1.165, 1.54) is 0 Å². The van der Waals surface area contributed by atoms with E-state index < -0.39 is 0 Å². The zero-order chi connectivity index (χ0) is 24.8. The molecule has 0 radical (unpaired) electrons. The Kier molecular flexibility index (Phi) is 7.75. The summed E-state index contributed by atoms with van der Waals surface area (Å²) in [5.74, 6) is 0.522. The SMILES string of the molecule is CCOC(=O)N1CCC(NC(=O)/C=C(\C)c2cc3c(-c4ccccc4)coc3cc2OCC)CC1. The molecule has 1 aromatic heterocycles. The number of carbonyl (C=O) groups excluding carboxylic acids is 2. The van der Waals surface area contributed by atoms with Gasteiger partial charge in [-0.25, -0.2) is 4.79 Å². The Labute approximate surface area is 205 Å². The molecule has 0 saturated carbocycles. The van der Waals surface area contributed by atoms with Crippen molar-refractivity contribution in [2.24, 2.45) is 0 Å². The molecule has 184 valence electrons. The van der Waals surface area contributed by atoms with Crippen LogP contribution in [0, 0.1) is 0 Å². The summed E-state index contributed by atoms with van der Waals surface area (Å²) in [7, 11) is 0. The van der Waals surface area contributed by atoms with Gasteiger partial charge in [0.2, 0.25) is 5.91 Å². The summed E-state index contributed by atoms with van der Waals surface area (Å²) in [4.78, 5) is 26.4. The van der Waals surface area contributed by atoms with Crippen LogP contribution in [-0.4, -0.2) is 49.2 Å². The Morgan fingerprint density at radius 1 is 1.11 bits per heavy atom. The van der Waals surface area contributed by atoms with E-state index in [1.807, 2.05) is 56.3 Å². The number of allylic oxidation sites excluding steroid dienone is 1. The van der Waals surface area contributed by atoms with Crippen LogP contribution < -0.4 is 10.1 Å². The van der Waals surface area contributed by atoms with Gasteiger partial charge in [0, 0.05) is 47.8 Å². The van der Waals surface area contributed by atoms with Crippen molar-refractivity contribution in [3.63, 3.8) is 0 Å². The fraction of sp³-hybridized carbons (Fsp3) is 0.357. The summed E-state index contributed by atoms with van der Waals surface area (Å²) in [6, 6.07) is 14.0. The molecule has 2 heterocycles. The van der Waals surface area contributed by atoms with Crippen molar-refractivity contribution in [2.75, 3.05) is 26.3 Å². The third-order valence-electron chi connectivity index (χ3n) is 6.20. The lowest BCUT2D eigenvalue weighted by Crippen LogP contribution is -2.46. The van der Waals surface area contributed by atoms with Crippen molar-refractivity contribution in [2.45, 2.75) is 39.7 Å². The third kappa shape index (κ3) is 5.67. The number of amides is 2. The van der Waals surface area contributed by atoms with Gasteiger partial charge in [-0.1, -0.05) is 30.3 Å². The molecule has 0 unspecified atom stereocenters. The Balaban J connectivity index is 1.52. The highest BCUT2D eigenvalue weighted by Crippen LogP contribution is 2.37. The molecule has 0 aliphatic carbocycles. The first-order valence-corrected chi connectivity index (χ1v) is 12.1. The van der Waals surface area contributed by atoms with Crippen molar-refractivity contribution in [1.29, 1.82) is 0 Å². The third-order valence-corrected chi connectivity index (χ3v) is 6.20. The Morgan fingerprint density at radius 3 is 2.54 bits per heavy atom. The van der Waals surface area contributed by atoms with Crippen LogP contribution in [0.15, 0.2) is 59.2 Å². The zero-order valence-electron chi connectivity index (χ0n) is 20.5.